The van der Waals surface area contributed by atoms with Crippen molar-refractivity contribution >= 4 is 29.0 Å². The Kier molecular flexibility index (Phi) is 5.89. The topological polar surface area (TPSA) is 84.5 Å². The monoisotopic (exact) mass is 328 g/mol. The number of rotatable bonds is 6. The molecule has 3 amide bonds. The highest BCUT2D eigenvalue weighted by atomic mass is 16.5. The Bertz CT molecular complexity index is 758. The van der Waals surface area contributed by atoms with Crippen LogP contribution in [0.5, 0.6) is 5.75 Å². The summed E-state index contributed by atoms with van der Waals surface area (Å²) in [6, 6.07) is 10.3. The van der Waals surface area contributed by atoms with Gasteiger partial charge in [0.25, 0.3) is 5.91 Å². The van der Waals surface area contributed by atoms with E-state index in [2.05, 4.69) is 10.6 Å². The predicted octanol–water partition coefficient (Wildman–Crippen LogP) is 2.66. The lowest BCUT2D eigenvalue weighted by molar-refractivity contribution is -0.122. The van der Waals surface area contributed by atoms with E-state index in [-0.39, 0.29) is 12.6 Å². The van der Waals surface area contributed by atoms with Crippen molar-refractivity contribution < 1.29 is 19.1 Å². The van der Waals surface area contributed by atoms with E-state index >= 15 is 0 Å². The molecule has 2 aromatic carbocycles. The van der Waals surface area contributed by atoms with Gasteiger partial charge in [0.05, 0.1) is 5.56 Å². The van der Waals surface area contributed by atoms with Gasteiger partial charge in [0.15, 0.2) is 12.9 Å². The van der Waals surface area contributed by atoms with E-state index in [1.807, 2.05) is 44.2 Å². The van der Waals surface area contributed by atoms with Crippen LogP contribution in [0.15, 0.2) is 36.4 Å². The molecule has 0 bridgehead atoms. The summed E-state index contributed by atoms with van der Waals surface area (Å²) in [6.07, 6.45) is 1.46. The molecule has 2 N–H and O–H groups in total. The SMILES string of the molecule is CC[C@@H](C)NC(=O)NC(=O)COc1ccc2ccccc2c1C=O. The first-order valence-electron chi connectivity index (χ1n) is 7.75. The first-order valence-corrected chi connectivity index (χ1v) is 7.75. The highest BCUT2D eigenvalue weighted by Crippen LogP contribution is 2.26. The number of carbonyl (C=O) groups is 3. The first kappa shape index (κ1) is 17.5. The van der Waals surface area contributed by atoms with Crippen LogP contribution in [0, 0.1) is 0 Å². The van der Waals surface area contributed by atoms with Crippen LogP contribution < -0.4 is 15.4 Å². The zero-order valence-corrected chi connectivity index (χ0v) is 13.7. The average molecular weight is 328 g/mol. The predicted molar refractivity (Wildman–Crippen MR) is 91.3 cm³/mol. The molecule has 2 aromatic rings. The molecule has 0 spiro atoms. The van der Waals surface area contributed by atoms with Gasteiger partial charge in [-0.3, -0.25) is 14.9 Å². The molecule has 0 unspecified atom stereocenters. The molecule has 0 aliphatic carbocycles. The van der Waals surface area contributed by atoms with E-state index in [1.165, 1.54) is 0 Å². The van der Waals surface area contributed by atoms with E-state index in [4.69, 9.17) is 4.74 Å². The minimum atomic E-state index is -0.583. The number of ether oxygens (including phenoxy) is 1. The maximum atomic E-state index is 11.8. The molecule has 0 fully saturated rings. The third-order valence-electron chi connectivity index (χ3n) is 3.65. The standard InChI is InChI=1S/C18H20N2O4/c1-3-12(2)19-18(23)20-17(22)11-24-16-9-8-13-6-4-5-7-14(13)15(16)10-21/h4-10,12H,3,11H2,1-2H3,(H2,19,20,22,23)/t12-/m1/s1. The van der Waals surface area contributed by atoms with Gasteiger partial charge >= 0.3 is 6.03 Å². The fourth-order valence-electron chi connectivity index (χ4n) is 2.19. The van der Waals surface area contributed by atoms with Crippen LogP contribution >= 0.6 is 0 Å². The molecule has 126 valence electrons. The maximum Gasteiger partial charge on any atom is 0.321 e. The van der Waals surface area contributed by atoms with Gasteiger partial charge in [0, 0.05) is 6.04 Å². The van der Waals surface area contributed by atoms with E-state index in [9.17, 15) is 14.4 Å². The van der Waals surface area contributed by atoms with Gasteiger partial charge in [0.2, 0.25) is 0 Å². The third-order valence-corrected chi connectivity index (χ3v) is 3.65. The Balaban J connectivity index is 2.01. The summed E-state index contributed by atoms with van der Waals surface area (Å²) in [7, 11) is 0. The highest BCUT2D eigenvalue weighted by Gasteiger charge is 2.13. The number of nitrogens with one attached hydrogen (secondary N) is 2. The number of fused-ring (bicyclic) bond motifs is 1. The van der Waals surface area contributed by atoms with Crippen molar-refractivity contribution in [3.8, 4) is 5.75 Å². The number of imide groups is 1. The fraction of sp³-hybridized carbons (Fsp3) is 0.278. The molecule has 0 heterocycles. The van der Waals surface area contributed by atoms with E-state index in [0.717, 1.165) is 17.2 Å². The lowest BCUT2D eigenvalue weighted by atomic mass is 10.0. The Hall–Kier alpha value is -2.89. The molecule has 0 aliphatic heterocycles. The zero-order valence-electron chi connectivity index (χ0n) is 13.7. The molecule has 0 aliphatic rings. The second-order valence-corrected chi connectivity index (χ2v) is 5.44. The van der Waals surface area contributed by atoms with Crippen LogP contribution in [0.3, 0.4) is 0 Å². The molecule has 6 nitrogen and oxygen atoms in total. The van der Waals surface area contributed by atoms with Gasteiger partial charge in [0.1, 0.15) is 5.75 Å². The number of urea groups is 1. The quantitative estimate of drug-likeness (QED) is 0.799. The average Bonchev–Trinajstić information content (AvgIpc) is 2.58. The molecule has 0 radical (unpaired) electrons. The van der Waals surface area contributed by atoms with Gasteiger partial charge < -0.3 is 10.1 Å². The number of benzene rings is 2. The number of hydrogen-bond acceptors (Lipinski definition) is 4. The number of hydrogen-bond donors (Lipinski definition) is 2. The second kappa shape index (κ2) is 8.10. The summed E-state index contributed by atoms with van der Waals surface area (Å²) in [5.74, 6) is -0.276. The molecular formula is C18H20N2O4. The van der Waals surface area contributed by atoms with E-state index < -0.39 is 11.9 Å². The Morgan fingerprint density at radius 2 is 1.96 bits per heavy atom. The van der Waals surface area contributed by atoms with Gasteiger partial charge in [-0.05, 0) is 30.2 Å². The van der Waals surface area contributed by atoms with Crippen molar-refractivity contribution in [2.24, 2.45) is 0 Å². The lowest BCUT2D eigenvalue weighted by Gasteiger charge is -2.13. The number of amides is 3. The van der Waals surface area contributed by atoms with Gasteiger partial charge in [-0.15, -0.1) is 0 Å². The summed E-state index contributed by atoms with van der Waals surface area (Å²) in [5.41, 5.74) is 0.380. The fourth-order valence-corrected chi connectivity index (χ4v) is 2.19. The molecule has 24 heavy (non-hydrogen) atoms. The number of carbonyl (C=O) groups excluding carboxylic acids is 3. The van der Waals surface area contributed by atoms with Crippen molar-refractivity contribution in [1.82, 2.24) is 10.6 Å². The number of aldehydes is 1. The van der Waals surface area contributed by atoms with Crippen LogP contribution in [0.1, 0.15) is 30.6 Å². The van der Waals surface area contributed by atoms with Crippen LogP contribution in [0.2, 0.25) is 0 Å². The highest BCUT2D eigenvalue weighted by molar-refractivity contribution is 6.01. The van der Waals surface area contributed by atoms with Crippen LogP contribution in [-0.4, -0.2) is 30.9 Å². The van der Waals surface area contributed by atoms with Crippen LogP contribution in [0.4, 0.5) is 4.79 Å². The summed E-state index contributed by atoms with van der Waals surface area (Å²) in [5, 5.41) is 6.47. The van der Waals surface area contributed by atoms with Crippen molar-refractivity contribution in [3.63, 3.8) is 0 Å². The minimum Gasteiger partial charge on any atom is -0.483 e. The normalized spacial score (nSPS) is 11.6. The maximum absolute atomic E-state index is 11.8. The molecule has 2 rings (SSSR count). The van der Waals surface area contributed by atoms with Gasteiger partial charge in [-0.25, -0.2) is 4.79 Å². The third kappa shape index (κ3) is 4.32. The summed E-state index contributed by atoms with van der Waals surface area (Å²) in [4.78, 5) is 34.7. The molecule has 1 atom stereocenters. The van der Waals surface area contributed by atoms with Crippen molar-refractivity contribution in [2.45, 2.75) is 26.3 Å². The van der Waals surface area contributed by atoms with Crippen molar-refractivity contribution in [1.29, 1.82) is 0 Å². The van der Waals surface area contributed by atoms with Crippen molar-refractivity contribution in [2.75, 3.05) is 6.61 Å². The molecule has 6 heteroatoms. The van der Waals surface area contributed by atoms with Crippen molar-refractivity contribution in [3.05, 3.63) is 42.0 Å². The first-order chi connectivity index (χ1) is 11.5. The Morgan fingerprint density at radius 3 is 2.67 bits per heavy atom. The molecule has 0 aromatic heterocycles. The summed E-state index contributed by atoms with van der Waals surface area (Å²) >= 11 is 0. The lowest BCUT2D eigenvalue weighted by Crippen LogP contribution is -2.44. The zero-order chi connectivity index (χ0) is 17.5. The second-order valence-electron chi connectivity index (χ2n) is 5.44. The van der Waals surface area contributed by atoms with E-state index in [1.54, 1.807) is 6.07 Å². The summed E-state index contributed by atoms with van der Waals surface area (Å²) in [6.45, 7) is 3.41. The van der Waals surface area contributed by atoms with Gasteiger partial charge in [-0.1, -0.05) is 37.3 Å². The Labute approximate surface area is 140 Å². The summed E-state index contributed by atoms with van der Waals surface area (Å²) < 4.78 is 5.41. The van der Waals surface area contributed by atoms with Gasteiger partial charge in [-0.2, -0.15) is 0 Å². The van der Waals surface area contributed by atoms with E-state index in [0.29, 0.717) is 17.6 Å². The molecule has 0 saturated heterocycles. The minimum absolute atomic E-state index is 0.0270. The molecule has 0 saturated carbocycles. The molecular weight excluding hydrogens is 308 g/mol. The Morgan fingerprint density at radius 1 is 1.21 bits per heavy atom. The van der Waals surface area contributed by atoms with Crippen LogP contribution in [0.25, 0.3) is 10.8 Å². The van der Waals surface area contributed by atoms with Crippen LogP contribution in [-0.2, 0) is 4.79 Å². The smallest absolute Gasteiger partial charge is 0.321 e. The largest absolute Gasteiger partial charge is 0.483 e.